The number of H-pyrrole nitrogens is 1. The maximum atomic E-state index is 13.4. The lowest BCUT2D eigenvalue weighted by Crippen LogP contribution is -2.49. The van der Waals surface area contributed by atoms with Crippen LogP contribution in [0, 0.1) is 0 Å². The number of nitrogens with zero attached hydrogens (tertiary/aromatic N) is 3. The fourth-order valence-corrected chi connectivity index (χ4v) is 5.27. The fourth-order valence-electron chi connectivity index (χ4n) is 5.27. The molecule has 0 bridgehead atoms. The number of amides is 2. The second-order valence-corrected chi connectivity index (χ2v) is 7.93. The molecule has 3 saturated heterocycles. The van der Waals surface area contributed by atoms with E-state index in [4.69, 9.17) is 4.74 Å². The highest BCUT2D eigenvalue weighted by Gasteiger charge is 2.65. The van der Waals surface area contributed by atoms with Crippen LogP contribution in [0.15, 0.2) is 54.6 Å². The number of para-hydroxylation sites is 1. The van der Waals surface area contributed by atoms with Crippen molar-refractivity contribution in [2.45, 2.75) is 30.7 Å². The van der Waals surface area contributed by atoms with Gasteiger partial charge in [-0.1, -0.05) is 48.5 Å². The van der Waals surface area contributed by atoms with E-state index in [0.717, 1.165) is 16.5 Å². The van der Waals surface area contributed by atoms with Gasteiger partial charge in [0.25, 0.3) is 5.91 Å². The van der Waals surface area contributed by atoms with Gasteiger partial charge in [0.1, 0.15) is 0 Å². The molecule has 1 spiro atoms. The standard InChI is InChI=1S/C22H20N4O3/c27-19-12-18-22(26(19)17(13-29-22)14-6-2-1-3-7-14)10-11-25(18)21(28)20-15-8-4-5-9-16(15)23-24-20/h1-9,17-18H,10-13H2,(H,23,24)/t17-,18+,22-/m0/s1. The zero-order valence-electron chi connectivity index (χ0n) is 15.7. The lowest BCUT2D eigenvalue weighted by Gasteiger charge is -2.33. The number of likely N-dealkylation sites (tertiary alicyclic amines) is 1. The number of carbonyl (C=O) groups excluding carboxylic acids is 2. The van der Waals surface area contributed by atoms with Crippen LogP contribution in [0.3, 0.4) is 0 Å². The number of ether oxygens (including phenoxy) is 1. The Kier molecular flexibility index (Phi) is 3.41. The second kappa shape index (κ2) is 5.90. The molecule has 3 atom stereocenters. The maximum absolute atomic E-state index is 13.4. The van der Waals surface area contributed by atoms with Crippen molar-refractivity contribution in [1.29, 1.82) is 0 Å². The molecular formula is C22H20N4O3. The lowest BCUT2D eigenvalue weighted by atomic mass is 10.0. The fraction of sp³-hybridized carbons (Fsp3) is 0.318. The van der Waals surface area contributed by atoms with Crippen LogP contribution < -0.4 is 0 Å². The molecule has 3 aliphatic heterocycles. The second-order valence-electron chi connectivity index (χ2n) is 7.93. The minimum Gasteiger partial charge on any atom is -0.351 e. The normalized spacial score (nSPS) is 28.2. The first-order valence-electron chi connectivity index (χ1n) is 9.94. The van der Waals surface area contributed by atoms with Crippen LogP contribution in [-0.2, 0) is 9.53 Å². The predicted molar refractivity (Wildman–Crippen MR) is 105 cm³/mol. The van der Waals surface area contributed by atoms with E-state index in [2.05, 4.69) is 10.2 Å². The molecule has 7 nitrogen and oxygen atoms in total. The van der Waals surface area contributed by atoms with Gasteiger partial charge in [-0.05, 0) is 11.6 Å². The Bertz CT molecular complexity index is 1130. The molecule has 0 radical (unpaired) electrons. The highest BCUT2D eigenvalue weighted by atomic mass is 16.5. The summed E-state index contributed by atoms with van der Waals surface area (Å²) in [5, 5.41) is 7.99. The molecule has 1 aromatic heterocycles. The summed E-state index contributed by atoms with van der Waals surface area (Å²) in [6, 6.07) is 17.2. The van der Waals surface area contributed by atoms with Crippen molar-refractivity contribution in [3.63, 3.8) is 0 Å². The monoisotopic (exact) mass is 388 g/mol. The molecule has 7 heteroatoms. The quantitative estimate of drug-likeness (QED) is 0.732. The summed E-state index contributed by atoms with van der Waals surface area (Å²) < 4.78 is 6.29. The number of hydrogen-bond donors (Lipinski definition) is 1. The van der Waals surface area contributed by atoms with Crippen molar-refractivity contribution in [3.05, 3.63) is 65.9 Å². The Morgan fingerprint density at radius 1 is 1.14 bits per heavy atom. The molecule has 2 amide bonds. The van der Waals surface area contributed by atoms with E-state index in [-0.39, 0.29) is 30.3 Å². The minimum atomic E-state index is -0.723. The number of hydrogen-bond acceptors (Lipinski definition) is 4. The van der Waals surface area contributed by atoms with Crippen LogP contribution in [0.25, 0.3) is 10.9 Å². The Labute approximate surface area is 167 Å². The number of benzene rings is 2. The highest BCUT2D eigenvalue weighted by Crippen LogP contribution is 2.51. The topological polar surface area (TPSA) is 78.5 Å². The SMILES string of the molecule is O=C(c1n[nH]c2ccccc12)N1CC[C@@]23OC[C@@H](c4ccccc4)N2C(=O)C[C@@H]13. The number of carbonyl (C=O) groups is 2. The van der Waals surface area contributed by atoms with Crippen LogP contribution >= 0.6 is 0 Å². The summed E-state index contributed by atoms with van der Waals surface area (Å²) in [4.78, 5) is 30.0. The van der Waals surface area contributed by atoms with Gasteiger partial charge in [-0.3, -0.25) is 14.7 Å². The molecule has 0 unspecified atom stereocenters. The van der Waals surface area contributed by atoms with Crippen molar-refractivity contribution in [2.24, 2.45) is 0 Å². The molecule has 146 valence electrons. The summed E-state index contributed by atoms with van der Waals surface area (Å²) >= 11 is 0. The van der Waals surface area contributed by atoms with Crippen LogP contribution in [0.5, 0.6) is 0 Å². The van der Waals surface area contributed by atoms with Gasteiger partial charge in [0.15, 0.2) is 11.4 Å². The molecule has 0 saturated carbocycles. The van der Waals surface area contributed by atoms with E-state index in [1.807, 2.05) is 59.5 Å². The molecule has 6 rings (SSSR count). The molecule has 3 aromatic rings. The summed E-state index contributed by atoms with van der Waals surface area (Å²) in [5.74, 6) is -0.100. The first kappa shape index (κ1) is 16.7. The average molecular weight is 388 g/mol. The number of aromatic nitrogens is 2. The number of aromatic amines is 1. The number of nitrogens with one attached hydrogen (secondary N) is 1. The van der Waals surface area contributed by atoms with Gasteiger partial charge in [0.05, 0.1) is 30.6 Å². The average Bonchev–Trinajstić information content (AvgIpc) is 3.48. The summed E-state index contributed by atoms with van der Waals surface area (Å²) in [5.41, 5.74) is 1.58. The van der Waals surface area contributed by atoms with Crippen molar-refractivity contribution >= 4 is 22.7 Å². The molecule has 0 aliphatic carbocycles. The van der Waals surface area contributed by atoms with Crippen molar-refractivity contribution in [2.75, 3.05) is 13.2 Å². The first-order chi connectivity index (χ1) is 14.2. The maximum Gasteiger partial charge on any atom is 0.275 e. The van der Waals surface area contributed by atoms with Crippen LogP contribution in [0.1, 0.15) is 34.9 Å². The summed E-state index contributed by atoms with van der Waals surface area (Å²) in [7, 11) is 0. The Morgan fingerprint density at radius 2 is 1.93 bits per heavy atom. The largest absolute Gasteiger partial charge is 0.351 e. The molecular weight excluding hydrogens is 368 g/mol. The van der Waals surface area contributed by atoms with E-state index in [0.29, 0.717) is 25.3 Å². The Hall–Kier alpha value is -3.19. The van der Waals surface area contributed by atoms with Crippen molar-refractivity contribution in [3.8, 4) is 0 Å². The summed E-state index contributed by atoms with van der Waals surface area (Å²) in [6.45, 7) is 1.01. The zero-order chi connectivity index (χ0) is 19.6. The van der Waals surface area contributed by atoms with Gasteiger partial charge >= 0.3 is 0 Å². The van der Waals surface area contributed by atoms with E-state index >= 15 is 0 Å². The smallest absolute Gasteiger partial charge is 0.275 e. The zero-order valence-corrected chi connectivity index (χ0v) is 15.7. The third-order valence-corrected chi connectivity index (χ3v) is 6.57. The molecule has 4 heterocycles. The van der Waals surface area contributed by atoms with Crippen LogP contribution in [-0.4, -0.2) is 56.7 Å². The lowest BCUT2D eigenvalue weighted by molar-refractivity contribution is -0.138. The van der Waals surface area contributed by atoms with E-state index in [9.17, 15) is 9.59 Å². The first-order valence-corrected chi connectivity index (χ1v) is 9.94. The Balaban J connectivity index is 1.35. The predicted octanol–water partition coefficient (Wildman–Crippen LogP) is 2.48. The molecule has 2 aromatic carbocycles. The van der Waals surface area contributed by atoms with E-state index in [1.54, 1.807) is 4.90 Å². The molecule has 29 heavy (non-hydrogen) atoms. The van der Waals surface area contributed by atoms with Gasteiger partial charge in [0, 0.05) is 18.4 Å². The Morgan fingerprint density at radius 3 is 2.79 bits per heavy atom. The van der Waals surface area contributed by atoms with Crippen molar-refractivity contribution in [1.82, 2.24) is 20.0 Å². The minimum absolute atomic E-state index is 0.0470. The van der Waals surface area contributed by atoms with Crippen LogP contribution in [0.4, 0.5) is 0 Å². The third-order valence-electron chi connectivity index (χ3n) is 6.57. The van der Waals surface area contributed by atoms with Crippen LogP contribution in [0.2, 0.25) is 0 Å². The molecule has 1 N–H and O–H groups in total. The highest BCUT2D eigenvalue weighted by molar-refractivity contribution is 6.05. The van der Waals surface area contributed by atoms with Crippen molar-refractivity contribution < 1.29 is 14.3 Å². The van der Waals surface area contributed by atoms with Gasteiger partial charge in [-0.25, -0.2) is 0 Å². The van der Waals surface area contributed by atoms with Gasteiger partial charge in [-0.15, -0.1) is 0 Å². The van der Waals surface area contributed by atoms with Gasteiger partial charge in [-0.2, -0.15) is 5.10 Å². The molecule has 3 aliphatic rings. The van der Waals surface area contributed by atoms with E-state index < -0.39 is 5.72 Å². The van der Waals surface area contributed by atoms with Gasteiger partial charge < -0.3 is 14.5 Å². The summed E-state index contributed by atoms with van der Waals surface area (Å²) in [6.07, 6.45) is 0.915. The number of rotatable bonds is 2. The molecule has 3 fully saturated rings. The third kappa shape index (κ3) is 2.19. The van der Waals surface area contributed by atoms with E-state index in [1.165, 1.54) is 0 Å². The number of fused-ring (bicyclic) bond motifs is 1. The van der Waals surface area contributed by atoms with Gasteiger partial charge in [0.2, 0.25) is 5.91 Å².